The fraction of sp³-hybridized carbons (Fsp3) is 0.222. The highest BCUT2D eigenvalue weighted by Gasteiger charge is 2.01. The molecule has 1 rings (SSSR count). The van der Waals surface area contributed by atoms with E-state index in [2.05, 4.69) is 50.9 Å². The number of hydrogen-bond donors (Lipinski definition) is 0. The molecule has 0 bridgehead atoms. The van der Waals surface area contributed by atoms with Gasteiger partial charge in [0.2, 0.25) is 0 Å². The van der Waals surface area contributed by atoms with Gasteiger partial charge in [-0.15, -0.1) is 0 Å². The number of halogens is 2. The van der Waals surface area contributed by atoms with Gasteiger partial charge in [-0.2, -0.15) is 0 Å². The first-order chi connectivity index (χ1) is 5.25. The molecule has 59 valence electrons. The van der Waals surface area contributed by atoms with Crippen molar-refractivity contribution in [3.8, 4) is 0 Å². The van der Waals surface area contributed by atoms with Crippen LogP contribution in [0.1, 0.15) is 12.0 Å². The Hall–Kier alpha value is 0.180. The van der Waals surface area contributed by atoms with Crippen molar-refractivity contribution < 1.29 is 0 Å². The van der Waals surface area contributed by atoms with E-state index in [1.807, 2.05) is 6.07 Å². The van der Waals surface area contributed by atoms with Crippen molar-refractivity contribution >= 4 is 31.9 Å². The van der Waals surface area contributed by atoms with Gasteiger partial charge < -0.3 is 0 Å². The lowest BCUT2D eigenvalue weighted by Crippen LogP contribution is -1.86. The molecule has 0 aliphatic carbocycles. The molecule has 0 aliphatic heterocycles. The first-order valence-corrected chi connectivity index (χ1v) is 5.06. The van der Waals surface area contributed by atoms with E-state index < -0.39 is 0 Å². The smallest absolute Gasteiger partial charge is 0.0218 e. The quantitative estimate of drug-likeness (QED) is 0.767. The minimum atomic E-state index is 0.932. The summed E-state index contributed by atoms with van der Waals surface area (Å²) in [7, 11) is 0. The van der Waals surface area contributed by atoms with Crippen molar-refractivity contribution in [3.05, 3.63) is 39.6 Å². The fourth-order valence-electron chi connectivity index (χ4n) is 0.948. The molecular formula is C9H9Br2. The molecule has 0 atom stereocenters. The summed E-state index contributed by atoms with van der Waals surface area (Å²) in [5.74, 6) is 0. The van der Waals surface area contributed by atoms with Gasteiger partial charge in [0, 0.05) is 8.95 Å². The van der Waals surface area contributed by atoms with Gasteiger partial charge in [0.1, 0.15) is 0 Å². The molecule has 0 nitrogen and oxygen atoms in total. The SMILES string of the molecule is [CH2]CCc1c(Br)cccc1Br. The molecule has 2 heteroatoms. The molecular weight excluding hydrogens is 268 g/mol. The van der Waals surface area contributed by atoms with Crippen molar-refractivity contribution in [1.82, 2.24) is 0 Å². The summed E-state index contributed by atoms with van der Waals surface area (Å²) in [5.41, 5.74) is 1.31. The Morgan fingerprint density at radius 1 is 1.18 bits per heavy atom. The van der Waals surface area contributed by atoms with Crippen LogP contribution in [0.4, 0.5) is 0 Å². The van der Waals surface area contributed by atoms with Crippen LogP contribution >= 0.6 is 31.9 Å². The predicted octanol–water partition coefficient (Wildman–Crippen LogP) is 3.98. The Morgan fingerprint density at radius 2 is 1.73 bits per heavy atom. The lowest BCUT2D eigenvalue weighted by molar-refractivity contribution is 0.985. The second kappa shape index (κ2) is 4.27. The van der Waals surface area contributed by atoms with E-state index >= 15 is 0 Å². The van der Waals surface area contributed by atoms with Crippen LogP contribution in [0, 0.1) is 6.92 Å². The van der Waals surface area contributed by atoms with E-state index in [4.69, 9.17) is 0 Å². The monoisotopic (exact) mass is 275 g/mol. The molecule has 0 saturated heterocycles. The molecule has 0 N–H and O–H groups in total. The zero-order valence-electron chi connectivity index (χ0n) is 6.11. The van der Waals surface area contributed by atoms with E-state index in [9.17, 15) is 0 Å². The molecule has 0 aliphatic rings. The molecule has 1 radical (unpaired) electrons. The van der Waals surface area contributed by atoms with Crippen LogP contribution in [-0.2, 0) is 6.42 Å². The van der Waals surface area contributed by atoms with Gasteiger partial charge in [0.25, 0.3) is 0 Å². The highest BCUT2D eigenvalue weighted by Crippen LogP contribution is 2.25. The lowest BCUT2D eigenvalue weighted by Gasteiger charge is -2.04. The number of hydrogen-bond acceptors (Lipinski definition) is 0. The second-order valence-corrected chi connectivity index (χ2v) is 4.01. The van der Waals surface area contributed by atoms with Crippen molar-refractivity contribution in [2.45, 2.75) is 12.8 Å². The first-order valence-electron chi connectivity index (χ1n) is 3.48. The minimum absolute atomic E-state index is 0.932. The maximum Gasteiger partial charge on any atom is 0.0218 e. The Labute approximate surface area is 84.3 Å². The molecule has 1 aromatic carbocycles. The third-order valence-corrected chi connectivity index (χ3v) is 2.97. The molecule has 0 saturated carbocycles. The summed E-state index contributed by atoms with van der Waals surface area (Å²) in [5, 5.41) is 0. The fourth-order valence-corrected chi connectivity index (χ4v) is 2.34. The molecule has 0 amide bonds. The van der Waals surface area contributed by atoms with Crippen LogP contribution in [-0.4, -0.2) is 0 Å². The minimum Gasteiger partial charge on any atom is -0.0600 e. The van der Waals surface area contributed by atoms with E-state index in [0.29, 0.717) is 0 Å². The lowest BCUT2D eigenvalue weighted by atomic mass is 10.1. The van der Waals surface area contributed by atoms with Crippen LogP contribution < -0.4 is 0 Å². The van der Waals surface area contributed by atoms with E-state index in [1.54, 1.807) is 0 Å². The average molecular weight is 277 g/mol. The number of benzene rings is 1. The average Bonchev–Trinajstić information content (AvgIpc) is 1.97. The van der Waals surface area contributed by atoms with Gasteiger partial charge in [0.05, 0.1) is 0 Å². The van der Waals surface area contributed by atoms with Crippen LogP contribution in [0.5, 0.6) is 0 Å². The van der Waals surface area contributed by atoms with Crippen molar-refractivity contribution in [3.63, 3.8) is 0 Å². The van der Waals surface area contributed by atoms with Crippen LogP contribution in [0.15, 0.2) is 27.1 Å². The molecule has 0 fully saturated rings. The Morgan fingerprint density at radius 3 is 2.18 bits per heavy atom. The van der Waals surface area contributed by atoms with Gasteiger partial charge in [0.15, 0.2) is 0 Å². The van der Waals surface area contributed by atoms with Gasteiger partial charge in [-0.05, 0) is 30.5 Å². The highest BCUT2D eigenvalue weighted by molar-refractivity contribution is 9.11. The summed E-state index contributed by atoms with van der Waals surface area (Å²) in [6, 6.07) is 6.12. The normalized spacial score (nSPS) is 10.1. The zero-order valence-corrected chi connectivity index (χ0v) is 9.28. The molecule has 0 aromatic heterocycles. The van der Waals surface area contributed by atoms with E-state index in [1.165, 1.54) is 5.56 Å². The molecule has 0 spiro atoms. The largest absolute Gasteiger partial charge is 0.0600 e. The topological polar surface area (TPSA) is 0 Å². The first kappa shape index (κ1) is 9.27. The molecule has 1 aromatic rings. The van der Waals surface area contributed by atoms with Crippen LogP contribution in [0.25, 0.3) is 0 Å². The maximum atomic E-state index is 3.82. The highest BCUT2D eigenvalue weighted by atomic mass is 79.9. The summed E-state index contributed by atoms with van der Waals surface area (Å²) in [6.07, 6.45) is 1.95. The number of rotatable bonds is 2. The standard InChI is InChI=1S/C9H9Br2/c1-2-4-7-8(10)5-3-6-9(7)11/h3,5-6H,1-2,4H2. The van der Waals surface area contributed by atoms with Crippen LogP contribution in [0.3, 0.4) is 0 Å². The Bertz CT molecular complexity index is 223. The third-order valence-electron chi connectivity index (χ3n) is 1.49. The Kier molecular flexibility index (Phi) is 3.60. The maximum absolute atomic E-state index is 3.82. The second-order valence-electron chi connectivity index (χ2n) is 2.30. The van der Waals surface area contributed by atoms with E-state index in [-0.39, 0.29) is 0 Å². The summed E-state index contributed by atoms with van der Waals surface area (Å²) >= 11 is 6.98. The summed E-state index contributed by atoms with van der Waals surface area (Å²) in [4.78, 5) is 0. The van der Waals surface area contributed by atoms with Crippen molar-refractivity contribution in [2.75, 3.05) is 0 Å². The van der Waals surface area contributed by atoms with Crippen molar-refractivity contribution in [2.24, 2.45) is 0 Å². The van der Waals surface area contributed by atoms with Gasteiger partial charge >= 0.3 is 0 Å². The Balaban J connectivity index is 3.00. The van der Waals surface area contributed by atoms with Crippen molar-refractivity contribution in [1.29, 1.82) is 0 Å². The van der Waals surface area contributed by atoms with Gasteiger partial charge in [-0.1, -0.05) is 44.8 Å². The van der Waals surface area contributed by atoms with E-state index in [0.717, 1.165) is 21.8 Å². The predicted molar refractivity (Wildman–Crippen MR) is 55.5 cm³/mol. The summed E-state index contributed by atoms with van der Waals surface area (Å²) < 4.78 is 2.33. The van der Waals surface area contributed by atoms with Gasteiger partial charge in [-0.3, -0.25) is 0 Å². The van der Waals surface area contributed by atoms with Crippen LogP contribution in [0.2, 0.25) is 0 Å². The molecule has 11 heavy (non-hydrogen) atoms. The summed E-state index contributed by atoms with van der Waals surface area (Å²) in [6.45, 7) is 3.82. The third kappa shape index (κ3) is 2.31. The molecule has 0 unspecified atom stereocenters. The zero-order chi connectivity index (χ0) is 8.27. The van der Waals surface area contributed by atoms with Gasteiger partial charge in [-0.25, -0.2) is 0 Å². The molecule has 0 heterocycles.